The Hall–Kier alpha value is -6.64. The van der Waals surface area contributed by atoms with Gasteiger partial charge in [-0.1, -0.05) is 140 Å². The van der Waals surface area contributed by atoms with E-state index in [1.807, 2.05) is 0 Å². The highest BCUT2D eigenvalue weighted by Crippen LogP contribution is 2.39. The third-order valence-electron chi connectivity index (χ3n) is 9.03. The van der Waals surface area contributed by atoms with Crippen molar-refractivity contribution in [3.05, 3.63) is 218 Å². The molecule has 0 aliphatic rings. The van der Waals surface area contributed by atoms with E-state index >= 15 is 0 Å². The van der Waals surface area contributed by atoms with Crippen molar-refractivity contribution in [1.29, 1.82) is 0 Å². The van der Waals surface area contributed by atoms with Crippen molar-refractivity contribution in [2.75, 3.05) is 9.80 Å². The lowest BCUT2D eigenvalue weighted by molar-refractivity contribution is 1.28. The van der Waals surface area contributed by atoms with Crippen LogP contribution in [0.3, 0.4) is 0 Å². The van der Waals surface area contributed by atoms with E-state index in [9.17, 15) is 0 Å². The summed E-state index contributed by atoms with van der Waals surface area (Å²) in [6.45, 7) is 0. The Morgan fingerprint density at radius 2 is 0.460 bits per heavy atom. The molecule has 0 N–H and O–H groups in total. The molecule has 0 saturated carbocycles. The predicted octanol–water partition coefficient (Wildman–Crippen LogP) is 13.6. The Bertz CT molecular complexity index is 2240. The van der Waals surface area contributed by atoms with E-state index in [0.29, 0.717) is 0 Å². The van der Waals surface area contributed by atoms with Crippen molar-refractivity contribution < 1.29 is 0 Å². The van der Waals surface area contributed by atoms with Gasteiger partial charge in [0.25, 0.3) is 0 Å². The van der Waals surface area contributed by atoms with Crippen LogP contribution in [0.2, 0.25) is 0 Å². The molecule has 8 aromatic carbocycles. The fourth-order valence-electron chi connectivity index (χ4n) is 6.57. The average Bonchev–Trinajstić information content (AvgIpc) is 3.20. The first-order chi connectivity index (χ1) is 24.8. The van der Waals surface area contributed by atoms with Gasteiger partial charge in [-0.2, -0.15) is 0 Å². The fraction of sp³-hybridized carbons (Fsp3) is 0. The van der Waals surface area contributed by atoms with Gasteiger partial charge in [-0.25, -0.2) is 0 Å². The van der Waals surface area contributed by atoms with Gasteiger partial charge in [0.1, 0.15) is 0 Å². The summed E-state index contributed by atoms with van der Waals surface area (Å²) in [6, 6.07) is 77.5. The van der Waals surface area contributed by atoms with E-state index in [4.69, 9.17) is 0 Å². The molecule has 2 nitrogen and oxygen atoms in total. The highest BCUT2D eigenvalue weighted by atomic mass is 15.1. The van der Waals surface area contributed by atoms with Crippen LogP contribution in [-0.4, -0.2) is 0 Å². The maximum atomic E-state index is 2.33. The van der Waals surface area contributed by atoms with Crippen LogP contribution in [0, 0.1) is 0 Å². The van der Waals surface area contributed by atoms with Crippen molar-refractivity contribution in [2.45, 2.75) is 0 Å². The van der Waals surface area contributed by atoms with Crippen molar-refractivity contribution >= 4 is 34.1 Å². The average molecular weight is 641 g/mol. The van der Waals surface area contributed by atoms with E-state index in [0.717, 1.165) is 34.1 Å². The predicted molar refractivity (Wildman–Crippen MR) is 212 cm³/mol. The second-order valence-corrected chi connectivity index (χ2v) is 12.3. The third kappa shape index (κ3) is 6.56. The Morgan fingerprint density at radius 3 is 0.940 bits per heavy atom. The zero-order chi connectivity index (χ0) is 33.5. The number of hydrogen-bond acceptors (Lipinski definition) is 2. The van der Waals surface area contributed by atoms with Crippen LogP contribution in [0.1, 0.15) is 0 Å². The molecule has 0 atom stereocenters. The van der Waals surface area contributed by atoms with Crippen LogP contribution < -0.4 is 9.80 Å². The van der Waals surface area contributed by atoms with Crippen LogP contribution in [-0.2, 0) is 0 Å². The Balaban J connectivity index is 1.11. The van der Waals surface area contributed by atoms with E-state index < -0.39 is 0 Å². The van der Waals surface area contributed by atoms with Gasteiger partial charge in [0.15, 0.2) is 0 Å². The third-order valence-corrected chi connectivity index (χ3v) is 9.03. The molecule has 0 aliphatic heterocycles. The Kier molecular flexibility index (Phi) is 8.73. The van der Waals surface area contributed by atoms with E-state index in [2.05, 4.69) is 228 Å². The molecular formula is C48H36N2. The SMILES string of the molecule is c1ccc(-c2ccc(N(c3ccccc3)c3cccc(-c4cccc(-c5ccc(N(c6ccccc6)c6ccccc6)cc5)c4)c3)cc2)cc1. The molecule has 0 aliphatic carbocycles. The van der Waals surface area contributed by atoms with Gasteiger partial charge in [0.2, 0.25) is 0 Å². The van der Waals surface area contributed by atoms with Gasteiger partial charge in [-0.3, -0.25) is 0 Å². The van der Waals surface area contributed by atoms with Crippen molar-refractivity contribution in [1.82, 2.24) is 0 Å². The topological polar surface area (TPSA) is 6.48 Å². The van der Waals surface area contributed by atoms with Crippen molar-refractivity contribution in [2.24, 2.45) is 0 Å². The van der Waals surface area contributed by atoms with Gasteiger partial charge < -0.3 is 9.80 Å². The van der Waals surface area contributed by atoms with E-state index in [1.54, 1.807) is 0 Å². The first-order valence-corrected chi connectivity index (χ1v) is 17.0. The lowest BCUT2D eigenvalue weighted by Gasteiger charge is -2.26. The van der Waals surface area contributed by atoms with Crippen LogP contribution in [0.4, 0.5) is 34.1 Å². The molecule has 0 unspecified atom stereocenters. The smallest absolute Gasteiger partial charge is 0.0467 e. The number of rotatable bonds is 9. The summed E-state index contributed by atoms with van der Waals surface area (Å²) in [5.74, 6) is 0. The summed E-state index contributed by atoms with van der Waals surface area (Å²) >= 11 is 0. The molecule has 8 aromatic rings. The van der Waals surface area contributed by atoms with Gasteiger partial charge in [0, 0.05) is 34.1 Å². The summed E-state index contributed by atoms with van der Waals surface area (Å²) < 4.78 is 0. The first-order valence-electron chi connectivity index (χ1n) is 17.0. The minimum atomic E-state index is 1.11. The highest BCUT2D eigenvalue weighted by molar-refractivity contribution is 5.83. The monoisotopic (exact) mass is 640 g/mol. The zero-order valence-electron chi connectivity index (χ0n) is 27.7. The number of para-hydroxylation sites is 3. The molecular weight excluding hydrogens is 605 g/mol. The molecule has 0 heterocycles. The summed E-state index contributed by atoms with van der Waals surface area (Å²) in [6.07, 6.45) is 0. The summed E-state index contributed by atoms with van der Waals surface area (Å²) in [7, 11) is 0. The second-order valence-electron chi connectivity index (χ2n) is 12.3. The zero-order valence-corrected chi connectivity index (χ0v) is 27.7. The lowest BCUT2D eigenvalue weighted by atomic mass is 9.98. The normalized spacial score (nSPS) is 10.8. The first kappa shape index (κ1) is 30.7. The van der Waals surface area contributed by atoms with Gasteiger partial charge in [-0.05, 0) is 112 Å². The summed E-state index contributed by atoms with van der Waals surface area (Å²) in [5.41, 5.74) is 13.8. The molecule has 50 heavy (non-hydrogen) atoms. The standard InChI is InChI=1S/C48H36N2/c1-5-15-37(16-6-1)38-27-31-47(32-28-38)50(45-24-11-4-12-25-45)48-26-14-19-42(36-48)41-18-13-17-40(35-41)39-29-33-46(34-30-39)49(43-20-7-2-8-21-43)44-22-9-3-10-23-44/h1-36H. The summed E-state index contributed by atoms with van der Waals surface area (Å²) in [5, 5.41) is 0. The molecule has 2 heteroatoms. The molecule has 238 valence electrons. The quantitative estimate of drug-likeness (QED) is 0.155. The molecule has 0 radical (unpaired) electrons. The lowest BCUT2D eigenvalue weighted by Crippen LogP contribution is -2.09. The van der Waals surface area contributed by atoms with Crippen LogP contribution in [0.25, 0.3) is 33.4 Å². The molecule has 8 rings (SSSR count). The molecule has 0 fully saturated rings. The molecule has 0 bridgehead atoms. The van der Waals surface area contributed by atoms with E-state index in [1.165, 1.54) is 33.4 Å². The largest absolute Gasteiger partial charge is 0.311 e. The van der Waals surface area contributed by atoms with Crippen LogP contribution >= 0.6 is 0 Å². The van der Waals surface area contributed by atoms with Crippen molar-refractivity contribution in [3.63, 3.8) is 0 Å². The molecule has 0 aromatic heterocycles. The number of benzene rings is 8. The number of nitrogens with zero attached hydrogens (tertiary/aromatic N) is 2. The highest BCUT2D eigenvalue weighted by Gasteiger charge is 2.15. The number of anilines is 6. The van der Waals surface area contributed by atoms with E-state index in [-0.39, 0.29) is 0 Å². The molecule has 0 spiro atoms. The maximum Gasteiger partial charge on any atom is 0.0467 e. The van der Waals surface area contributed by atoms with Crippen LogP contribution in [0.5, 0.6) is 0 Å². The van der Waals surface area contributed by atoms with Crippen molar-refractivity contribution in [3.8, 4) is 33.4 Å². The molecule has 0 saturated heterocycles. The minimum Gasteiger partial charge on any atom is -0.311 e. The van der Waals surface area contributed by atoms with Gasteiger partial charge in [-0.15, -0.1) is 0 Å². The fourth-order valence-corrected chi connectivity index (χ4v) is 6.57. The number of hydrogen-bond donors (Lipinski definition) is 0. The van der Waals surface area contributed by atoms with Crippen LogP contribution in [0.15, 0.2) is 218 Å². The van der Waals surface area contributed by atoms with Gasteiger partial charge >= 0.3 is 0 Å². The molecule has 0 amide bonds. The maximum absolute atomic E-state index is 2.33. The van der Waals surface area contributed by atoms with Gasteiger partial charge in [0.05, 0.1) is 0 Å². The second kappa shape index (κ2) is 14.2. The minimum absolute atomic E-state index is 1.11. The summed E-state index contributed by atoms with van der Waals surface area (Å²) in [4.78, 5) is 4.62. The Morgan fingerprint density at radius 1 is 0.180 bits per heavy atom. The Labute approximate surface area is 294 Å².